The number of halogens is 2. The fourth-order valence-electron chi connectivity index (χ4n) is 3.44. The highest BCUT2D eigenvalue weighted by Gasteiger charge is 2.25. The standard InChI is InChI=1S/C24H26F2N2O5S/c1-17(24(30)27-22-12-9-19(25)16-21(22)26)33-23(29)13-8-18-6-10-20(11-7-18)34(31,32)28-14-4-2-3-5-15-28/h6-13,16-17H,2-5,14-15H2,1H3,(H,27,30)/b13-8+. The summed E-state index contributed by atoms with van der Waals surface area (Å²) < 4.78 is 58.8. The lowest BCUT2D eigenvalue weighted by Crippen LogP contribution is -2.31. The average molecular weight is 493 g/mol. The van der Waals surface area contributed by atoms with Crippen LogP contribution in [0.15, 0.2) is 53.4 Å². The molecule has 10 heteroatoms. The van der Waals surface area contributed by atoms with Gasteiger partial charge in [-0.2, -0.15) is 4.31 Å². The number of carbonyl (C=O) groups excluding carboxylic acids is 2. The summed E-state index contributed by atoms with van der Waals surface area (Å²) in [5.74, 6) is -3.33. The van der Waals surface area contributed by atoms with Crippen molar-refractivity contribution in [3.05, 3.63) is 65.7 Å². The zero-order valence-electron chi connectivity index (χ0n) is 18.7. The highest BCUT2D eigenvalue weighted by atomic mass is 32.2. The number of anilines is 1. The first kappa shape index (κ1) is 25.5. The number of ether oxygens (including phenoxy) is 1. The minimum atomic E-state index is -3.56. The topological polar surface area (TPSA) is 92.8 Å². The fraction of sp³-hybridized carbons (Fsp3) is 0.333. The predicted octanol–water partition coefficient (Wildman–Crippen LogP) is 4.11. The first-order valence-corrected chi connectivity index (χ1v) is 12.4. The molecule has 34 heavy (non-hydrogen) atoms. The summed E-state index contributed by atoms with van der Waals surface area (Å²) >= 11 is 0. The quantitative estimate of drug-likeness (QED) is 0.464. The van der Waals surface area contributed by atoms with E-state index in [0.717, 1.165) is 43.9 Å². The lowest BCUT2D eigenvalue weighted by molar-refractivity contribution is -0.148. The van der Waals surface area contributed by atoms with E-state index in [4.69, 9.17) is 4.74 Å². The highest BCUT2D eigenvalue weighted by molar-refractivity contribution is 7.89. The van der Waals surface area contributed by atoms with E-state index < -0.39 is 39.6 Å². The minimum Gasteiger partial charge on any atom is -0.449 e. The molecule has 1 fully saturated rings. The number of benzene rings is 2. The molecule has 7 nitrogen and oxygen atoms in total. The van der Waals surface area contributed by atoms with Gasteiger partial charge >= 0.3 is 5.97 Å². The molecular formula is C24H26F2N2O5S. The van der Waals surface area contributed by atoms with E-state index in [0.29, 0.717) is 24.7 Å². The van der Waals surface area contributed by atoms with Crippen LogP contribution in [-0.2, 0) is 24.3 Å². The molecule has 1 saturated heterocycles. The van der Waals surface area contributed by atoms with E-state index in [1.807, 2.05) is 0 Å². The van der Waals surface area contributed by atoms with Gasteiger partial charge in [0.25, 0.3) is 5.91 Å². The molecule has 0 bridgehead atoms. The zero-order valence-corrected chi connectivity index (χ0v) is 19.5. The van der Waals surface area contributed by atoms with Gasteiger partial charge in [-0.25, -0.2) is 22.0 Å². The van der Waals surface area contributed by atoms with Crippen molar-refractivity contribution in [2.75, 3.05) is 18.4 Å². The summed E-state index contributed by atoms with van der Waals surface area (Å²) in [5, 5.41) is 2.22. The molecule has 182 valence electrons. The number of carbonyl (C=O) groups is 2. The second-order valence-corrected chi connectivity index (χ2v) is 9.85. The van der Waals surface area contributed by atoms with Gasteiger partial charge in [-0.15, -0.1) is 0 Å². The summed E-state index contributed by atoms with van der Waals surface area (Å²) in [6.45, 7) is 2.33. The third-order valence-electron chi connectivity index (χ3n) is 5.35. The molecule has 1 N–H and O–H groups in total. The van der Waals surface area contributed by atoms with Crippen LogP contribution in [0.1, 0.15) is 38.2 Å². The maximum Gasteiger partial charge on any atom is 0.331 e. The summed E-state index contributed by atoms with van der Waals surface area (Å²) in [6.07, 6.45) is 5.03. The number of esters is 1. The lowest BCUT2D eigenvalue weighted by atomic mass is 10.2. The number of sulfonamides is 1. The molecule has 2 aromatic rings. The van der Waals surface area contributed by atoms with E-state index in [1.165, 1.54) is 29.4 Å². The summed E-state index contributed by atoms with van der Waals surface area (Å²) in [5.41, 5.74) is 0.331. The normalized spacial score (nSPS) is 16.1. The summed E-state index contributed by atoms with van der Waals surface area (Å²) in [4.78, 5) is 24.3. The van der Waals surface area contributed by atoms with Gasteiger partial charge in [-0.3, -0.25) is 4.79 Å². The zero-order chi connectivity index (χ0) is 24.7. The molecule has 0 spiro atoms. The Bertz CT molecular complexity index is 1160. The molecule has 3 rings (SSSR count). The van der Waals surface area contributed by atoms with E-state index in [2.05, 4.69) is 5.32 Å². The van der Waals surface area contributed by atoms with Crippen molar-refractivity contribution in [3.8, 4) is 0 Å². The van der Waals surface area contributed by atoms with Crippen LogP contribution < -0.4 is 5.32 Å². The van der Waals surface area contributed by atoms with Crippen LogP contribution >= 0.6 is 0 Å². The third-order valence-corrected chi connectivity index (χ3v) is 7.26. The first-order valence-electron chi connectivity index (χ1n) is 10.9. The number of amides is 1. The van der Waals surface area contributed by atoms with Crippen molar-refractivity contribution in [2.45, 2.75) is 43.6 Å². The maximum atomic E-state index is 13.7. The Balaban J connectivity index is 1.56. The molecule has 1 unspecified atom stereocenters. The Labute approximate surface area is 197 Å². The van der Waals surface area contributed by atoms with Gasteiger partial charge in [0.05, 0.1) is 10.6 Å². The van der Waals surface area contributed by atoms with Crippen LogP contribution in [0.4, 0.5) is 14.5 Å². The Morgan fingerprint density at radius 3 is 2.29 bits per heavy atom. The number of hydrogen-bond donors (Lipinski definition) is 1. The smallest absolute Gasteiger partial charge is 0.331 e. The molecule has 1 aliphatic heterocycles. The number of nitrogens with one attached hydrogen (secondary N) is 1. The Kier molecular flexibility index (Phi) is 8.51. The van der Waals surface area contributed by atoms with Crippen LogP contribution in [0.3, 0.4) is 0 Å². The molecule has 0 saturated carbocycles. The van der Waals surface area contributed by atoms with Gasteiger partial charge in [-0.05, 0) is 55.7 Å². The third kappa shape index (κ3) is 6.71. The molecule has 2 aromatic carbocycles. The van der Waals surface area contributed by atoms with Crippen LogP contribution in [-0.4, -0.2) is 43.8 Å². The summed E-state index contributed by atoms with van der Waals surface area (Å²) in [6, 6.07) is 8.79. The van der Waals surface area contributed by atoms with Crippen molar-refractivity contribution in [1.29, 1.82) is 0 Å². The largest absolute Gasteiger partial charge is 0.449 e. The fourth-order valence-corrected chi connectivity index (χ4v) is 4.96. The van der Waals surface area contributed by atoms with Crippen LogP contribution in [0.2, 0.25) is 0 Å². The van der Waals surface area contributed by atoms with Gasteiger partial charge in [0.1, 0.15) is 11.6 Å². The molecule has 0 aliphatic carbocycles. The Hall–Kier alpha value is -3.11. The van der Waals surface area contributed by atoms with E-state index in [-0.39, 0.29) is 10.6 Å². The highest BCUT2D eigenvalue weighted by Crippen LogP contribution is 2.21. The Morgan fingerprint density at radius 1 is 1.03 bits per heavy atom. The van der Waals surface area contributed by atoms with Gasteiger partial charge in [0.2, 0.25) is 10.0 Å². The maximum absolute atomic E-state index is 13.7. The first-order chi connectivity index (χ1) is 16.2. The van der Waals surface area contributed by atoms with Crippen molar-refractivity contribution >= 4 is 33.7 Å². The van der Waals surface area contributed by atoms with Gasteiger partial charge in [-0.1, -0.05) is 25.0 Å². The second-order valence-electron chi connectivity index (χ2n) is 7.91. The van der Waals surface area contributed by atoms with E-state index in [9.17, 15) is 26.8 Å². The molecule has 1 aliphatic rings. The van der Waals surface area contributed by atoms with Crippen molar-refractivity contribution in [1.82, 2.24) is 4.31 Å². The predicted molar refractivity (Wildman–Crippen MR) is 123 cm³/mol. The van der Waals surface area contributed by atoms with Gasteiger partial charge in [0, 0.05) is 25.2 Å². The molecule has 1 atom stereocenters. The minimum absolute atomic E-state index is 0.187. The van der Waals surface area contributed by atoms with E-state index >= 15 is 0 Å². The van der Waals surface area contributed by atoms with E-state index in [1.54, 1.807) is 12.1 Å². The Morgan fingerprint density at radius 2 is 1.68 bits per heavy atom. The number of hydrogen-bond acceptors (Lipinski definition) is 5. The average Bonchev–Trinajstić information content (AvgIpc) is 3.10. The molecule has 0 radical (unpaired) electrons. The van der Waals surface area contributed by atoms with Crippen LogP contribution in [0, 0.1) is 11.6 Å². The second kappa shape index (κ2) is 11.3. The molecule has 0 aromatic heterocycles. The van der Waals surface area contributed by atoms with Crippen molar-refractivity contribution in [2.24, 2.45) is 0 Å². The van der Waals surface area contributed by atoms with Gasteiger partial charge in [0.15, 0.2) is 6.10 Å². The van der Waals surface area contributed by atoms with Crippen LogP contribution in [0.25, 0.3) is 6.08 Å². The lowest BCUT2D eigenvalue weighted by Gasteiger charge is -2.19. The molecule has 1 heterocycles. The SMILES string of the molecule is CC(OC(=O)/C=C/c1ccc(S(=O)(=O)N2CCCCCC2)cc1)C(=O)Nc1ccc(F)cc1F. The van der Waals surface area contributed by atoms with Crippen LogP contribution in [0.5, 0.6) is 0 Å². The van der Waals surface area contributed by atoms with Gasteiger partial charge < -0.3 is 10.1 Å². The monoisotopic (exact) mass is 492 g/mol. The molecule has 1 amide bonds. The molecular weight excluding hydrogens is 466 g/mol. The van der Waals surface area contributed by atoms with Crippen molar-refractivity contribution in [3.63, 3.8) is 0 Å². The summed E-state index contributed by atoms with van der Waals surface area (Å²) in [7, 11) is -3.56. The number of nitrogens with zero attached hydrogens (tertiary/aromatic N) is 1. The van der Waals surface area contributed by atoms with Crippen molar-refractivity contribution < 1.29 is 31.5 Å². The number of rotatable bonds is 7.